The highest BCUT2D eigenvalue weighted by molar-refractivity contribution is 5.87. The molecule has 0 N–H and O–H groups in total. The van der Waals surface area contributed by atoms with Gasteiger partial charge in [0.25, 0.3) is 0 Å². The fraction of sp³-hybridized carbons (Fsp3) is 0.520. The van der Waals surface area contributed by atoms with Crippen molar-refractivity contribution in [2.45, 2.75) is 64.4 Å². The lowest BCUT2D eigenvalue weighted by Crippen LogP contribution is -2.35. The van der Waals surface area contributed by atoms with Crippen LogP contribution in [-0.2, 0) is 27.2 Å². The van der Waals surface area contributed by atoms with Crippen LogP contribution in [0.4, 0.5) is 0 Å². The van der Waals surface area contributed by atoms with Crippen molar-refractivity contribution in [3.05, 3.63) is 59.2 Å². The van der Waals surface area contributed by atoms with Gasteiger partial charge in [-0.1, -0.05) is 24.3 Å². The maximum atomic E-state index is 12.1. The summed E-state index contributed by atoms with van der Waals surface area (Å²) < 4.78 is 14.2. The summed E-state index contributed by atoms with van der Waals surface area (Å²) in [7, 11) is 2.16. The first-order chi connectivity index (χ1) is 14.8. The molecule has 3 heterocycles. The molecule has 4 rings (SSSR count). The molecule has 1 saturated heterocycles. The molecule has 0 spiro atoms. The van der Waals surface area contributed by atoms with Crippen molar-refractivity contribution in [2.24, 2.45) is 0 Å². The Bertz CT molecular complexity index is 949. The van der Waals surface area contributed by atoms with Crippen LogP contribution in [0.25, 0.3) is 6.08 Å². The Morgan fingerprint density at radius 2 is 1.90 bits per heavy atom. The van der Waals surface area contributed by atoms with Crippen molar-refractivity contribution >= 4 is 12.0 Å². The fourth-order valence-corrected chi connectivity index (χ4v) is 4.25. The maximum Gasteiger partial charge on any atom is 0.331 e. The van der Waals surface area contributed by atoms with E-state index >= 15 is 0 Å². The summed E-state index contributed by atoms with van der Waals surface area (Å²) in [4.78, 5) is 19.3. The summed E-state index contributed by atoms with van der Waals surface area (Å²) in [6.07, 6.45) is 8.20. The predicted octanol–water partition coefficient (Wildman–Crippen LogP) is 3.99. The van der Waals surface area contributed by atoms with Crippen molar-refractivity contribution in [3.63, 3.8) is 0 Å². The van der Waals surface area contributed by atoms with Crippen molar-refractivity contribution in [3.8, 4) is 0 Å². The Hall–Kier alpha value is -2.44. The van der Waals surface area contributed by atoms with Crippen molar-refractivity contribution in [1.29, 1.82) is 0 Å². The first-order valence-electron chi connectivity index (χ1n) is 11.2. The number of nitrogens with zero attached hydrogens (tertiary/aromatic N) is 3. The molecule has 1 fully saturated rings. The topological polar surface area (TPSA) is 56.6 Å². The van der Waals surface area contributed by atoms with Crippen molar-refractivity contribution in [2.75, 3.05) is 20.1 Å². The van der Waals surface area contributed by atoms with Crippen molar-refractivity contribution in [1.82, 2.24) is 14.5 Å². The van der Waals surface area contributed by atoms with Crippen LogP contribution in [0.1, 0.15) is 62.4 Å². The number of piperidine rings is 1. The van der Waals surface area contributed by atoms with Crippen LogP contribution in [-0.4, -0.2) is 52.3 Å². The van der Waals surface area contributed by atoms with Gasteiger partial charge in [-0.05, 0) is 64.3 Å². The van der Waals surface area contributed by atoms with E-state index in [0.29, 0.717) is 0 Å². The Balaban J connectivity index is 1.60. The van der Waals surface area contributed by atoms with Crippen molar-refractivity contribution < 1.29 is 14.3 Å². The van der Waals surface area contributed by atoms with Crippen LogP contribution in [0, 0.1) is 0 Å². The number of rotatable bonds is 4. The van der Waals surface area contributed by atoms with Gasteiger partial charge in [0.05, 0.1) is 11.8 Å². The van der Waals surface area contributed by atoms with Crippen LogP contribution in [0.3, 0.4) is 0 Å². The number of fused-ring (bicyclic) bond motifs is 2. The highest BCUT2D eigenvalue weighted by Gasteiger charge is 2.30. The quantitative estimate of drug-likeness (QED) is 0.550. The molecule has 1 aromatic heterocycles. The minimum Gasteiger partial charge on any atom is -0.457 e. The van der Waals surface area contributed by atoms with Gasteiger partial charge in [-0.3, -0.25) is 0 Å². The first kappa shape index (κ1) is 21.8. The molecule has 2 aliphatic rings. The van der Waals surface area contributed by atoms with E-state index in [1.54, 1.807) is 6.08 Å². The predicted molar refractivity (Wildman–Crippen MR) is 121 cm³/mol. The normalized spacial score (nSPS) is 20.3. The molecule has 6 nitrogen and oxygen atoms in total. The average Bonchev–Trinajstić information content (AvgIpc) is 3.06. The van der Waals surface area contributed by atoms with Gasteiger partial charge in [0.15, 0.2) is 0 Å². The lowest BCUT2D eigenvalue weighted by molar-refractivity contribution is -0.148. The largest absolute Gasteiger partial charge is 0.457 e. The van der Waals surface area contributed by atoms with E-state index in [0.717, 1.165) is 50.4 Å². The Morgan fingerprint density at radius 3 is 2.65 bits per heavy atom. The molecule has 0 amide bonds. The molecule has 0 radical (unpaired) electrons. The summed E-state index contributed by atoms with van der Waals surface area (Å²) >= 11 is 0. The summed E-state index contributed by atoms with van der Waals surface area (Å²) in [5.41, 5.74) is 2.76. The fourth-order valence-electron chi connectivity index (χ4n) is 4.25. The molecule has 1 aromatic carbocycles. The number of hydrogen-bond donors (Lipinski definition) is 0. The zero-order valence-electron chi connectivity index (χ0n) is 19.0. The smallest absolute Gasteiger partial charge is 0.331 e. The van der Waals surface area contributed by atoms with Gasteiger partial charge in [-0.25, -0.2) is 9.78 Å². The highest BCUT2D eigenvalue weighted by atomic mass is 16.6. The van der Waals surface area contributed by atoms with E-state index in [-0.39, 0.29) is 18.2 Å². The second kappa shape index (κ2) is 8.97. The first-order valence-corrected chi connectivity index (χ1v) is 11.2. The lowest BCUT2D eigenvalue weighted by Gasteiger charge is -2.32. The van der Waals surface area contributed by atoms with Crippen LogP contribution in [0.15, 0.2) is 36.5 Å². The zero-order valence-corrected chi connectivity index (χ0v) is 19.0. The third-order valence-electron chi connectivity index (χ3n) is 5.81. The minimum atomic E-state index is -0.510. The Kier molecular flexibility index (Phi) is 6.30. The minimum absolute atomic E-state index is 0.198. The monoisotopic (exact) mass is 423 g/mol. The van der Waals surface area contributed by atoms with E-state index in [4.69, 9.17) is 14.5 Å². The number of benzene rings is 1. The molecule has 2 aliphatic heterocycles. The third kappa shape index (κ3) is 5.43. The highest BCUT2D eigenvalue weighted by Crippen LogP contribution is 2.34. The summed E-state index contributed by atoms with van der Waals surface area (Å²) in [6, 6.07) is 8.52. The summed E-state index contributed by atoms with van der Waals surface area (Å²) in [6.45, 7) is 8.53. The van der Waals surface area contributed by atoms with Crippen LogP contribution < -0.4 is 0 Å². The Labute approximate surface area is 184 Å². The SMILES string of the molecule is CN1CCC(OC2c3ccccc3CCn3cc(/C=C/C(=O)OC(C)(C)C)nc32)CC1. The second-order valence-corrected chi connectivity index (χ2v) is 9.55. The summed E-state index contributed by atoms with van der Waals surface area (Å²) in [5.74, 6) is 0.549. The molecule has 1 unspecified atom stereocenters. The molecular formula is C25H33N3O3. The number of esters is 1. The number of aromatic nitrogens is 2. The number of ether oxygens (including phenoxy) is 2. The van der Waals surface area contributed by atoms with Gasteiger partial charge in [-0.2, -0.15) is 0 Å². The molecule has 0 bridgehead atoms. The molecular weight excluding hydrogens is 390 g/mol. The molecule has 166 valence electrons. The van der Waals surface area contributed by atoms with Gasteiger partial charge in [0.1, 0.15) is 17.5 Å². The Morgan fingerprint density at radius 1 is 1.16 bits per heavy atom. The zero-order chi connectivity index (χ0) is 22.0. The number of likely N-dealkylation sites (tertiary alicyclic amines) is 1. The second-order valence-electron chi connectivity index (χ2n) is 9.55. The molecule has 0 saturated carbocycles. The van der Waals surface area contributed by atoms with E-state index in [9.17, 15) is 4.79 Å². The van der Waals surface area contributed by atoms with Gasteiger partial charge in [0.2, 0.25) is 0 Å². The molecule has 6 heteroatoms. The van der Waals surface area contributed by atoms with E-state index in [1.807, 2.05) is 27.0 Å². The standard InChI is InChI=1S/C25H33N3O3/c1-25(2,3)31-22(29)10-9-19-17-28-16-11-18-7-5-6-8-21(18)23(24(28)26-19)30-20-12-14-27(4)15-13-20/h5-10,17,20,23H,11-16H2,1-4H3/b10-9+. The van der Waals surface area contributed by atoms with Gasteiger partial charge < -0.3 is 18.9 Å². The third-order valence-corrected chi connectivity index (χ3v) is 5.81. The number of carbonyl (C=O) groups is 1. The number of hydrogen-bond acceptors (Lipinski definition) is 5. The number of aryl methyl sites for hydroxylation is 2. The maximum absolute atomic E-state index is 12.1. The van der Waals surface area contributed by atoms with E-state index in [1.165, 1.54) is 17.2 Å². The van der Waals surface area contributed by atoms with Crippen LogP contribution in [0.2, 0.25) is 0 Å². The molecule has 0 aliphatic carbocycles. The van der Waals surface area contributed by atoms with Gasteiger partial charge in [0, 0.05) is 31.9 Å². The van der Waals surface area contributed by atoms with E-state index in [2.05, 4.69) is 40.8 Å². The molecule has 2 aromatic rings. The average molecular weight is 424 g/mol. The lowest BCUT2D eigenvalue weighted by atomic mass is 10.00. The molecule has 1 atom stereocenters. The van der Waals surface area contributed by atoms with Gasteiger partial charge >= 0.3 is 5.97 Å². The number of carbonyl (C=O) groups excluding carboxylic acids is 1. The van der Waals surface area contributed by atoms with Crippen LogP contribution >= 0.6 is 0 Å². The van der Waals surface area contributed by atoms with Crippen LogP contribution in [0.5, 0.6) is 0 Å². The summed E-state index contributed by atoms with van der Waals surface area (Å²) in [5, 5.41) is 0. The van der Waals surface area contributed by atoms with E-state index < -0.39 is 5.60 Å². The van der Waals surface area contributed by atoms with Gasteiger partial charge in [-0.15, -0.1) is 0 Å². The number of imidazole rings is 1. The molecule has 31 heavy (non-hydrogen) atoms.